The third kappa shape index (κ3) is 2.88. The van der Waals surface area contributed by atoms with Gasteiger partial charge in [-0.2, -0.15) is 10.5 Å². The van der Waals surface area contributed by atoms with Gasteiger partial charge in [0.05, 0.1) is 33.6 Å². The molecule has 0 bridgehead atoms. The van der Waals surface area contributed by atoms with Gasteiger partial charge in [-0.1, -0.05) is 17.7 Å². The van der Waals surface area contributed by atoms with Crippen molar-refractivity contribution >= 4 is 34.7 Å². The highest BCUT2D eigenvalue weighted by atomic mass is 35.5. The second kappa shape index (κ2) is 6.34. The Morgan fingerprint density at radius 3 is 2.55 bits per heavy atom. The van der Waals surface area contributed by atoms with Gasteiger partial charge >= 0.3 is 0 Å². The van der Waals surface area contributed by atoms with Crippen LogP contribution in [-0.4, -0.2) is 6.26 Å². The van der Waals surface area contributed by atoms with Crippen LogP contribution >= 0.6 is 23.4 Å². The number of benzene rings is 2. The molecule has 0 atom stereocenters. The third-order valence-corrected chi connectivity index (χ3v) is 3.83. The van der Waals surface area contributed by atoms with Gasteiger partial charge in [-0.25, -0.2) is 0 Å². The molecule has 98 valence electrons. The molecule has 0 fully saturated rings. The molecular formula is C15H10ClN3S. The molecule has 0 aromatic heterocycles. The van der Waals surface area contributed by atoms with Gasteiger partial charge in [-0.15, -0.1) is 11.8 Å². The monoisotopic (exact) mass is 299 g/mol. The van der Waals surface area contributed by atoms with Crippen LogP contribution in [0.15, 0.2) is 41.3 Å². The molecular weight excluding hydrogens is 290 g/mol. The maximum Gasteiger partial charge on any atom is 0.103 e. The first kappa shape index (κ1) is 14.3. The number of halogens is 1. The fourth-order valence-electron chi connectivity index (χ4n) is 1.76. The van der Waals surface area contributed by atoms with E-state index < -0.39 is 0 Å². The van der Waals surface area contributed by atoms with Crippen LogP contribution in [0.3, 0.4) is 0 Å². The Bertz CT molecular complexity index is 729. The van der Waals surface area contributed by atoms with E-state index in [2.05, 4.69) is 17.5 Å². The zero-order valence-electron chi connectivity index (χ0n) is 10.6. The van der Waals surface area contributed by atoms with Crippen LogP contribution in [0.2, 0.25) is 5.02 Å². The summed E-state index contributed by atoms with van der Waals surface area (Å²) < 4.78 is 0. The van der Waals surface area contributed by atoms with Crippen molar-refractivity contribution in [1.82, 2.24) is 0 Å². The number of nitrogens with one attached hydrogen (secondary N) is 1. The second-order valence-corrected chi connectivity index (χ2v) is 5.18. The first-order chi connectivity index (χ1) is 9.69. The van der Waals surface area contributed by atoms with Crippen molar-refractivity contribution in [3.8, 4) is 12.1 Å². The van der Waals surface area contributed by atoms with Crippen LogP contribution in [-0.2, 0) is 0 Å². The molecule has 0 radical (unpaired) electrons. The van der Waals surface area contributed by atoms with Crippen LogP contribution in [0.1, 0.15) is 11.1 Å². The van der Waals surface area contributed by atoms with Crippen LogP contribution in [0.5, 0.6) is 0 Å². The molecule has 5 heteroatoms. The average Bonchev–Trinajstić information content (AvgIpc) is 2.49. The Morgan fingerprint density at radius 2 is 1.90 bits per heavy atom. The lowest BCUT2D eigenvalue weighted by molar-refractivity contribution is 1.36. The summed E-state index contributed by atoms with van der Waals surface area (Å²) in [5, 5.41) is 21.8. The summed E-state index contributed by atoms with van der Waals surface area (Å²) in [5.74, 6) is 0. The van der Waals surface area contributed by atoms with Crippen LogP contribution < -0.4 is 5.32 Å². The molecule has 2 aromatic rings. The summed E-state index contributed by atoms with van der Waals surface area (Å²) in [6.07, 6.45) is 1.92. The Morgan fingerprint density at radius 1 is 1.10 bits per heavy atom. The lowest BCUT2D eigenvalue weighted by Gasteiger charge is -2.12. The van der Waals surface area contributed by atoms with Crippen LogP contribution in [0.25, 0.3) is 0 Å². The van der Waals surface area contributed by atoms with E-state index in [0.29, 0.717) is 27.5 Å². The minimum atomic E-state index is 0.502. The van der Waals surface area contributed by atoms with Gasteiger partial charge < -0.3 is 5.32 Å². The van der Waals surface area contributed by atoms with E-state index in [4.69, 9.17) is 16.9 Å². The van der Waals surface area contributed by atoms with Crippen molar-refractivity contribution in [3.63, 3.8) is 0 Å². The number of rotatable bonds is 3. The number of nitrogens with zero attached hydrogens (tertiary/aromatic N) is 2. The molecule has 0 spiro atoms. The Labute approximate surface area is 126 Å². The molecule has 1 N–H and O–H groups in total. The summed E-state index contributed by atoms with van der Waals surface area (Å²) in [4.78, 5) is 0.894. The average molecular weight is 300 g/mol. The van der Waals surface area contributed by atoms with Gasteiger partial charge in [0.1, 0.15) is 6.07 Å². The number of nitriles is 2. The minimum absolute atomic E-state index is 0.502. The second-order valence-electron chi connectivity index (χ2n) is 3.93. The van der Waals surface area contributed by atoms with E-state index >= 15 is 0 Å². The molecule has 2 rings (SSSR count). The topological polar surface area (TPSA) is 59.6 Å². The van der Waals surface area contributed by atoms with Crippen LogP contribution in [0, 0.1) is 22.7 Å². The molecule has 0 aliphatic carbocycles. The van der Waals surface area contributed by atoms with Crippen LogP contribution in [0.4, 0.5) is 11.4 Å². The van der Waals surface area contributed by atoms with Gasteiger partial charge in [-0.3, -0.25) is 0 Å². The highest BCUT2D eigenvalue weighted by molar-refractivity contribution is 7.98. The van der Waals surface area contributed by atoms with E-state index in [1.807, 2.05) is 24.5 Å². The predicted octanol–water partition coefficient (Wildman–Crippen LogP) is 4.55. The first-order valence-corrected chi connectivity index (χ1v) is 7.33. The fourth-order valence-corrected chi connectivity index (χ4v) is 2.50. The van der Waals surface area contributed by atoms with Crippen molar-refractivity contribution in [3.05, 3.63) is 52.5 Å². The molecule has 0 saturated carbocycles. The Hall–Kier alpha value is -2.14. The fraction of sp³-hybridized carbons (Fsp3) is 0.0667. The van der Waals surface area contributed by atoms with Crippen molar-refractivity contribution in [1.29, 1.82) is 10.5 Å². The number of hydrogen-bond acceptors (Lipinski definition) is 4. The maximum absolute atomic E-state index is 9.29. The van der Waals surface area contributed by atoms with E-state index in [-0.39, 0.29) is 0 Å². The van der Waals surface area contributed by atoms with Crippen molar-refractivity contribution in [2.75, 3.05) is 11.6 Å². The largest absolute Gasteiger partial charge is 0.353 e. The summed E-state index contributed by atoms with van der Waals surface area (Å²) >= 11 is 7.62. The van der Waals surface area contributed by atoms with E-state index in [0.717, 1.165) is 4.90 Å². The molecule has 2 aromatic carbocycles. The molecule has 20 heavy (non-hydrogen) atoms. The van der Waals surface area contributed by atoms with Crippen molar-refractivity contribution < 1.29 is 0 Å². The molecule has 0 heterocycles. The third-order valence-electron chi connectivity index (χ3n) is 2.72. The molecule has 3 nitrogen and oxygen atoms in total. The lowest BCUT2D eigenvalue weighted by atomic mass is 10.1. The standard InChI is InChI=1S/C15H10ClN3S/c1-20-15-4-2-3-13(11(15)9-18)19-14-7-10(8-17)5-6-12(14)16/h2-7,19H,1H3. The van der Waals surface area contributed by atoms with Crippen molar-refractivity contribution in [2.24, 2.45) is 0 Å². The zero-order chi connectivity index (χ0) is 14.5. The molecule has 0 amide bonds. The lowest BCUT2D eigenvalue weighted by Crippen LogP contribution is -1.96. The van der Waals surface area contributed by atoms with E-state index in [1.165, 1.54) is 11.8 Å². The molecule has 0 unspecified atom stereocenters. The smallest absolute Gasteiger partial charge is 0.103 e. The molecule has 0 aliphatic heterocycles. The summed E-state index contributed by atoms with van der Waals surface area (Å²) in [6, 6.07) is 14.8. The van der Waals surface area contributed by atoms with Crippen molar-refractivity contribution in [2.45, 2.75) is 4.90 Å². The summed E-state index contributed by atoms with van der Waals surface area (Å²) in [5.41, 5.74) is 2.37. The normalized spacial score (nSPS) is 9.60. The van der Waals surface area contributed by atoms with E-state index in [9.17, 15) is 5.26 Å². The van der Waals surface area contributed by atoms with Gasteiger partial charge in [0, 0.05) is 4.90 Å². The van der Waals surface area contributed by atoms with Gasteiger partial charge in [-0.05, 0) is 36.6 Å². The summed E-state index contributed by atoms with van der Waals surface area (Å²) in [7, 11) is 0. The molecule has 0 saturated heterocycles. The number of hydrogen-bond donors (Lipinski definition) is 1. The highest BCUT2D eigenvalue weighted by Gasteiger charge is 2.09. The Balaban J connectivity index is 2.46. The van der Waals surface area contributed by atoms with E-state index in [1.54, 1.807) is 18.2 Å². The van der Waals surface area contributed by atoms with Gasteiger partial charge in [0.25, 0.3) is 0 Å². The molecule has 0 aliphatic rings. The Kier molecular flexibility index (Phi) is 4.53. The number of thioether (sulfide) groups is 1. The SMILES string of the molecule is CSc1cccc(Nc2cc(C#N)ccc2Cl)c1C#N. The minimum Gasteiger partial charge on any atom is -0.353 e. The number of anilines is 2. The van der Waals surface area contributed by atoms with Gasteiger partial charge in [0.2, 0.25) is 0 Å². The highest BCUT2D eigenvalue weighted by Crippen LogP contribution is 2.31. The maximum atomic E-state index is 9.29. The van der Waals surface area contributed by atoms with Gasteiger partial charge in [0.15, 0.2) is 0 Å². The summed E-state index contributed by atoms with van der Waals surface area (Å²) in [6.45, 7) is 0. The first-order valence-electron chi connectivity index (χ1n) is 5.73. The zero-order valence-corrected chi connectivity index (χ0v) is 12.2. The predicted molar refractivity (Wildman–Crippen MR) is 82.4 cm³/mol. The quantitative estimate of drug-likeness (QED) is 0.845.